The van der Waals surface area contributed by atoms with E-state index in [1.54, 1.807) is 19.1 Å². The molecule has 5 nitrogen and oxygen atoms in total. The first-order valence-electron chi connectivity index (χ1n) is 9.29. The molecule has 2 aromatic carbocycles. The Hall–Kier alpha value is -2.83. The number of halogens is 1. The molecule has 0 radical (unpaired) electrons. The summed E-state index contributed by atoms with van der Waals surface area (Å²) >= 11 is 0. The summed E-state index contributed by atoms with van der Waals surface area (Å²) in [7, 11) is 0. The molecule has 146 valence electrons. The first-order valence-corrected chi connectivity index (χ1v) is 9.29. The van der Waals surface area contributed by atoms with Gasteiger partial charge in [0.15, 0.2) is 11.5 Å². The van der Waals surface area contributed by atoms with E-state index >= 15 is 0 Å². The van der Waals surface area contributed by atoms with Crippen molar-refractivity contribution >= 4 is 0 Å². The fourth-order valence-corrected chi connectivity index (χ4v) is 3.48. The highest BCUT2D eigenvalue weighted by Gasteiger charge is 2.17. The fraction of sp³-hybridized carbons (Fsp3) is 0.273. The Morgan fingerprint density at radius 2 is 1.86 bits per heavy atom. The van der Waals surface area contributed by atoms with Crippen molar-refractivity contribution in [1.29, 1.82) is 0 Å². The number of benzene rings is 2. The number of hydrogen-bond acceptors (Lipinski definition) is 4. The summed E-state index contributed by atoms with van der Waals surface area (Å²) in [6, 6.07) is 16.4. The van der Waals surface area contributed by atoms with Crippen molar-refractivity contribution in [2.24, 2.45) is 0 Å². The number of hydrogen-bond donors (Lipinski definition) is 1. The first-order chi connectivity index (χ1) is 13.6. The van der Waals surface area contributed by atoms with Crippen LogP contribution in [0.3, 0.4) is 0 Å². The van der Waals surface area contributed by atoms with Crippen LogP contribution in [0.4, 0.5) is 4.39 Å². The van der Waals surface area contributed by atoms with E-state index in [9.17, 15) is 9.50 Å². The number of aliphatic hydroxyl groups excluding tert-OH is 1. The second kappa shape index (κ2) is 8.04. The normalized spacial score (nSPS) is 13.9. The predicted molar refractivity (Wildman–Crippen MR) is 104 cm³/mol. The van der Waals surface area contributed by atoms with Gasteiger partial charge in [-0.3, -0.25) is 4.90 Å². The highest BCUT2D eigenvalue weighted by Crippen LogP contribution is 2.33. The van der Waals surface area contributed by atoms with Crippen molar-refractivity contribution in [3.8, 4) is 17.2 Å². The molecular weight excluding hydrogens is 359 g/mol. The van der Waals surface area contributed by atoms with Gasteiger partial charge in [-0.25, -0.2) is 4.39 Å². The van der Waals surface area contributed by atoms with Crippen molar-refractivity contribution in [1.82, 2.24) is 9.47 Å². The molecule has 0 amide bonds. The van der Waals surface area contributed by atoms with Crippen LogP contribution in [0.15, 0.2) is 60.8 Å². The fourth-order valence-electron chi connectivity index (χ4n) is 3.48. The Morgan fingerprint density at radius 3 is 2.64 bits per heavy atom. The highest BCUT2D eigenvalue weighted by molar-refractivity contribution is 5.44. The minimum absolute atomic E-state index is 0.251. The van der Waals surface area contributed by atoms with Gasteiger partial charge >= 0.3 is 0 Å². The SMILES string of the molecule is C[C@H](O)CN(Cc1ccc2c(c1)OCO2)Cc1cccn1-c1ccc(F)cc1. The van der Waals surface area contributed by atoms with E-state index in [0.717, 1.165) is 28.4 Å². The molecule has 0 fully saturated rings. The summed E-state index contributed by atoms with van der Waals surface area (Å²) in [4.78, 5) is 2.18. The quantitative estimate of drug-likeness (QED) is 0.676. The lowest BCUT2D eigenvalue weighted by Gasteiger charge is -2.25. The van der Waals surface area contributed by atoms with Gasteiger partial charge in [0.05, 0.1) is 6.10 Å². The molecule has 0 spiro atoms. The zero-order chi connectivity index (χ0) is 19.5. The second-order valence-corrected chi connectivity index (χ2v) is 7.05. The van der Waals surface area contributed by atoms with E-state index in [1.807, 2.05) is 41.1 Å². The maximum Gasteiger partial charge on any atom is 0.231 e. The third kappa shape index (κ3) is 4.18. The largest absolute Gasteiger partial charge is 0.454 e. The molecule has 1 N–H and O–H groups in total. The van der Waals surface area contributed by atoms with Gasteiger partial charge in [0.2, 0.25) is 6.79 Å². The Kier molecular flexibility index (Phi) is 5.32. The minimum atomic E-state index is -0.455. The molecule has 0 unspecified atom stereocenters. The molecule has 28 heavy (non-hydrogen) atoms. The summed E-state index contributed by atoms with van der Waals surface area (Å²) in [6.45, 7) is 3.87. The lowest BCUT2D eigenvalue weighted by atomic mass is 10.1. The molecule has 1 atom stereocenters. The van der Waals surface area contributed by atoms with E-state index in [-0.39, 0.29) is 12.6 Å². The van der Waals surface area contributed by atoms with E-state index in [4.69, 9.17) is 9.47 Å². The van der Waals surface area contributed by atoms with Crippen molar-refractivity contribution < 1.29 is 19.0 Å². The molecule has 1 aliphatic heterocycles. The molecule has 2 heterocycles. The smallest absolute Gasteiger partial charge is 0.231 e. The van der Waals surface area contributed by atoms with Gasteiger partial charge in [-0.05, 0) is 61.0 Å². The van der Waals surface area contributed by atoms with Gasteiger partial charge < -0.3 is 19.1 Å². The van der Waals surface area contributed by atoms with Crippen molar-refractivity contribution in [2.45, 2.75) is 26.1 Å². The van der Waals surface area contributed by atoms with Crippen LogP contribution in [0.25, 0.3) is 5.69 Å². The topological polar surface area (TPSA) is 46.9 Å². The zero-order valence-corrected chi connectivity index (χ0v) is 15.7. The predicted octanol–water partition coefficient (Wildman–Crippen LogP) is 3.73. The highest BCUT2D eigenvalue weighted by atomic mass is 19.1. The number of ether oxygens (including phenoxy) is 2. The van der Waals surface area contributed by atoms with Gasteiger partial charge in [0, 0.05) is 37.2 Å². The lowest BCUT2D eigenvalue weighted by Crippen LogP contribution is -2.31. The molecule has 6 heteroatoms. The van der Waals surface area contributed by atoms with Gasteiger partial charge in [0.25, 0.3) is 0 Å². The van der Waals surface area contributed by atoms with Crippen molar-refractivity contribution in [3.63, 3.8) is 0 Å². The molecule has 0 aliphatic carbocycles. The molecule has 1 aliphatic rings. The standard InChI is InChI=1S/C22H23FN2O3/c1-16(26)12-24(13-17-4-9-21-22(11-17)28-15-27-21)14-20-3-2-10-25(20)19-7-5-18(23)6-8-19/h2-11,16,26H,12-15H2,1H3/t16-/m0/s1. The molecule has 0 saturated carbocycles. The van der Waals surface area contributed by atoms with Crippen LogP contribution in [-0.4, -0.2) is 34.0 Å². The molecule has 4 rings (SSSR count). The Labute approximate surface area is 163 Å². The summed E-state index contributed by atoms with van der Waals surface area (Å²) < 4.78 is 26.1. The van der Waals surface area contributed by atoms with Crippen LogP contribution < -0.4 is 9.47 Å². The minimum Gasteiger partial charge on any atom is -0.454 e. The third-order valence-electron chi connectivity index (χ3n) is 4.69. The summed E-state index contributed by atoms with van der Waals surface area (Å²) in [5.41, 5.74) is 3.05. The lowest BCUT2D eigenvalue weighted by molar-refractivity contribution is 0.117. The maximum absolute atomic E-state index is 13.3. The van der Waals surface area contributed by atoms with Gasteiger partial charge in [-0.15, -0.1) is 0 Å². The third-order valence-corrected chi connectivity index (χ3v) is 4.69. The monoisotopic (exact) mass is 382 g/mol. The summed E-state index contributed by atoms with van der Waals surface area (Å²) in [5, 5.41) is 9.97. The Balaban J connectivity index is 1.54. The summed E-state index contributed by atoms with van der Waals surface area (Å²) in [5.74, 6) is 1.26. The van der Waals surface area contributed by atoms with Crippen LogP contribution in [0.1, 0.15) is 18.2 Å². The van der Waals surface area contributed by atoms with Gasteiger partial charge in [-0.1, -0.05) is 6.07 Å². The van der Waals surface area contributed by atoms with E-state index in [2.05, 4.69) is 4.90 Å². The van der Waals surface area contributed by atoms with Crippen molar-refractivity contribution in [3.05, 3.63) is 77.9 Å². The number of fused-ring (bicyclic) bond motifs is 1. The zero-order valence-electron chi connectivity index (χ0n) is 15.7. The number of nitrogens with zero attached hydrogens (tertiary/aromatic N) is 2. The van der Waals surface area contributed by atoms with E-state index < -0.39 is 6.10 Å². The molecule has 0 saturated heterocycles. The van der Waals surface area contributed by atoms with Crippen LogP contribution in [-0.2, 0) is 13.1 Å². The summed E-state index contributed by atoms with van der Waals surface area (Å²) in [6.07, 6.45) is 1.51. The van der Waals surface area contributed by atoms with Gasteiger partial charge in [-0.2, -0.15) is 0 Å². The number of aliphatic hydroxyl groups is 1. The number of rotatable bonds is 7. The molecule has 3 aromatic rings. The Morgan fingerprint density at radius 1 is 1.07 bits per heavy atom. The van der Waals surface area contributed by atoms with Gasteiger partial charge in [0.1, 0.15) is 5.82 Å². The van der Waals surface area contributed by atoms with Crippen LogP contribution >= 0.6 is 0 Å². The maximum atomic E-state index is 13.3. The average Bonchev–Trinajstić information content (AvgIpc) is 3.30. The molecular formula is C22H23FN2O3. The number of aromatic nitrogens is 1. The average molecular weight is 382 g/mol. The molecule has 0 bridgehead atoms. The Bertz CT molecular complexity index is 937. The van der Waals surface area contributed by atoms with E-state index in [1.165, 1.54) is 12.1 Å². The second-order valence-electron chi connectivity index (χ2n) is 7.05. The van der Waals surface area contributed by atoms with Crippen LogP contribution in [0.2, 0.25) is 0 Å². The van der Waals surface area contributed by atoms with E-state index in [0.29, 0.717) is 19.6 Å². The van der Waals surface area contributed by atoms with Crippen LogP contribution in [0.5, 0.6) is 11.5 Å². The van der Waals surface area contributed by atoms with Crippen molar-refractivity contribution in [2.75, 3.05) is 13.3 Å². The molecule has 1 aromatic heterocycles. The first kappa shape index (κ1) is 18.5. The van der Waals surface area contributed by atoms with Crippen LogP contribution in [0, 0.1) is 5.82 Å².